The van der Waals surface area contributed by atoms with Gasteiger partial charge in [0.05, 0.1) is 12.6 Å². The number of fused-ring (bicyclic) bond motifs is 1. The number of halogens is 1. The van der Waals surface area contributed by atoms with E-state index in [0.29, 0.717) is 16.1 Å². The molecule has 0 radical (unpaired) electrons. The van der Waals surface area contributed by atoms with Crippen LogP contribution >= 0.6 is 11.6 Å². The highest BCUT2D eigenvalue weighted by molar-refractivity contribution is 6.34. The van der Waals surface area contributed by atoms with E-state index in [4.69, 9.17) is 22.1 Å². The van der Waals surface area contributed by atoms with E-state index in [9.17, 15) is 4.79 Å². The van der Waals surface area contributed by atoms with Crippen molar-refractivity contribution in [3.8, 4) is 5.75 Å². The topological polar surface area (TPSA) is 78.1 Å². The number of amides is 1. The first-order valence-corrected chi connectivity index (χ1v) is 4.80. The summed E-state index contributed by atoms with van der Waals surface area (Å²) in [5.74, 6) is -0.360. The molecule has 0 saturated heterocycles. The van der Waals surface area contributed by atoms with Crippen LogP contribution in [-0.4, -0.2) is 23.0 Å². The Kier molecular flexibility index (Phi) is 2.62. The highest BCUT2D eigenvalue weighted by Gasteiger charge is 2.13. The maximum atomic E-state index is 11.1. The number of hydrogen-bond acceptors (Lipinski definition) is 4. The van der Waals surface area contributed by atoms with Crippen LogP contribution in [-0.2, 0) is 0 Å². The second kappa shape index (κ2) is 3.94. The van der Waals surface area contributed by atoms with E-state index in [1.165, 1.54) is 13.3 Å². The first-order valence-electron chi connectivity index (χ1n) is 4.42. The quantitative estimate of drug-likeness (QED) is 0.801. The third-order valence-electron chi connectivity index (χ3n) is 2.11. The molecule has 2 aromatic heterocycles. The Labute approximate surface area is 96.2 Å². The molecular weight excluding hydrogens is 230 g/mol. The number of methoxy groups -OCH3 is 1. The molecule has 0 aromatic carbocycles. The van der Waals surface area contributed by atoms with Crippen molar-refractivity contribution in [1.29, 1.82) is 0 Å². The number of carbonyl (C=O) groups is 1. The monoisotopic (exact) mass is 237 g/mol. The zero-order chi connectivity index (χ0) is 11.7. The van der Waals surface area contributed by atoms with Gasteiger partial charge in [-0.15, -0.1) is 0 Å². The van der Waals surface area contributed by atoms with Crippen molar-refractivity contribution < 1.29 is 9.53 Å². The molecule has 0 unspecified atom stereocenters. The summed E-state index contributed by atoms with van der Waals surface area (Å²) in [5.41, 5.74) is 5.82. The summed E-state index contributed by atoms with van der Waals surface area (Å²) in [6.07, 6.45) is 1.51. The molecule has 0 atom stereocenters. The van der Waals surface area contributed by atoms with Crippen LogP contribution in [0.25, 0.3) is 10.9 Å². The Hall–Kier alpha value is -1.88. The zero-order valence-corrected chi connectivity index (χ0v) is 9.15. The van der Waals surface area contributed by atoms with Crippen molar-refractivity contribution in [3.05, 3.63) is 29.2 Å². The van der Waals surface area contributed by atoms with Gasteiger partial charge in [0.15, 0.2) is 11.4 Å². The molecule has 5 nitrogen and oxygen atoms in total. The maximum absolute atomic E-state index is 11.1. The molecule has 2 rings (SSSR count). The number of hydrogen-bond donors (Lipinski definition) is 1. The predicted molar refractivity (Wildman–Crippen MR) is 59.6 cm³/mol. The highest BCUT2D eigenvalue weighted by atomic mass is 35.5. The summed E-state index contributed by atoms with van der Waals surface area (Å²) in [4.78, 5) is 19.1. The lowest BCUT2D eigenvalue weighted by Crippen LogP contribution is -2.14. The fourth-order valence-corrected chi connectivity index (χ4v) is 1.58. The van der Waals surface area contributed by atoms with E-state index in [1.807, 2.05) is 0 Å². The summed E-state index contributed by atoms with van der Waals surface area (Å²) in [7, 11) is 1.43. The minimum atomic E-state index is -0.647. The van der Waals surface area contributed by atoms with Crippen LogP contribution < -0.4 is 10.5 Å². The van der Waals surface area contributed by atoms with Crippen LogP contribution in [0.1, 0.15) is 10.5 Å². The van der Waals surface area contributed by atoms with E-state index in [0.717, 1.165) is 0 Å². The fourth-order valence-electron chi connectivity index (χ4n) is 1.38. The van der Waals surface area contributed by atoms with E-state index in [2.05, 4.69) is 9.97 Å². The van der Waals surface area contributed by atoms with E-state index < -0.39 is 5.91 Å². The first-order chi connectivity index (χ1) is 7.63. The molecule has 2 heterocycles. The van der Waals surface area contributed by atoms with Crippen molar-refractivity contribution in [2.24, 2.45) is 5.73 Å². The fraction of sp³-hybridized carbons (Fsp3) is 0.100. The van der Waals surface area contributed by atoms with Gasteiger partial charge in [-0.05, 0) is 12.1 Å². The van der Waals surface area contributed by atoms with Crippen LogP contribution in [0.5, 0.6) is 5.75 Å². The minimum absolute atomic E-state index is 0.0808. The van der Waals surface area contributed by atoms with Crippen LogP contribution in [0.4, 0.5) is 0 Å². The van der Waals surface area contributed by atoms with Crippen LogP contribution in [0.2, 0.25) is 5.15 Å². The average molecular weight is 238 g/mol. The van der Waals surface area contributed by atoms with Crippen LogP contribution in [0, 0.1) is 0 Å². The lowest BCUT2D eigenvalue weighted by atomic mass is 10.2. The van der Waals surface area contributed by atoms with Crippen LogP contribution in [0.3, 0.4) is 0 Å². The van der Waals surface area contributed by atoms with Gasteiger partial charge in [0.25, 0.3) is 5.91 Å². The average Bonchev–Trinajstić information content (AvgIpc) is 2.28. The lowest BCUT2D eigenvalue weighted by Gasteiger charge is -2.07. The van der Waals surface area contributed by atoms with Gasteiger partial charge in [0, 0.05) is 11.6 Å². The highest BCUT2D eigenvalue weighted by Crippen LogP contribution is 2.26. The van der Waals surface area contributed by atoms with Crippen molar-refractivity contribution in [3.63, 3.8) is 0 Å². The molecule has 0 fully saturated rings. The molecule has 2 aromatic rings. The molecular formula is C10H8ClN3O2. The van der Waals surface area contributed by atoms with Gasteiger partial charge in [-0.2, -0.15) is 0 Å². The number of carbonyl (C=O) groups excluding carboxylic acids is 1. The smallest absolute Gasteiger partial charge is 0.271 e. The molecule has 1 amide bonds. The van der Waals surface area contributed by atoms with Gasteiger partial charge < -0.3 is 10.5 Å². The SMILES string of the molecule is COc1cc2c(Cl)nccc2nc1C(N)=O. The number of nitrogens with two attached hydrogens (primary N) is 1. The molecule has 82 valence electrons. The number of nitrogens with zero attached hydrogens (tertiary/aromatic N) is 2. The molecule has 0 aliphatic rings. The summed E-state index contributed by atoms with van der Waals surface area (Å²) in [6.45, 7) is 0. The summed E-state index contributed by atoms with van der Waals surface area (Å²) >= 11 is 5.90. The molecule has 0 spiro atoms. The summed E-state index contributed by atoms with van der Waals surface area (Å²) in [5, 5.41) is 0.922. The summed E-state index contributed by atoms with van der Waals surface area (Å²) in [6, 6.07) is 3.24. The molecule has 16 heavy (non-hydrogen) atoms. The van der Waals surface area contributed by atoms with E-state index >= 15 is 0 Å². The number of primary amides is 1. The van der Waals surface area contributed by atoms with Crippen molar-refractivity contribution in [1.82, 2.24) is 9.97 Å². The van der Waals surface area contributed by atoms with Gasteiger partial charge in [-0.3, -0.25) is 4.79 Å². The minimum Gasteiger partial charge on any atom is -0.494 e. The molecule has 0 saturated carbocycles. The van der Waals surface area contributed by atoms with Gasteiger partial charge >= 0.3 is 0 Å². The lowest BCUT2D eigenvalue weighted by molar-refractivity contribution is 0.0993. The second-order valence-corrected chi connectivity index (χ2v) is 3.43. The summed E-state index contributed by atoms with van der Waals surface area (Å²) < 4.78 is 5.02. The van der Waals surface area contributed by atoms with Gasteiger partial charge in [-0.1, -0.05) is 11.6 Å². The Bertz CT molecular complexity index is 571. The standard InChI is InChI=1S/C10H8ClN3O2/c1-16-7-4-5-6(2-3-13-9(5)11)14-8(7)10(12)15/h2-4H,1H3,(H2,12,15). The van der Waals surface area contributed by atoms with Crippen molar-refractivity contribution in [2.75, 3.05) is 7.11 Å². The molecule has 0 bridgehead atoms. The van der Waals surface area contributed by atoms with Gasteiger partial charge in [-0.25, -0.2) is 9.97 Å². The van der Waals surface area contributed by atoms with Gasteiger partial charge in [0.1, 0.15) is 5.15 Å². The zero-order valence-electron chi connectivity index (χ0n) is 8.40. The number of pyridine rings is 2. The Morgan fingerprint density at radius 2 is 2.31 bits per heavy atom. The van der Waals surface area contributed by atoms with Crippen molar-refractivity contribution >= 4 is 28.4 Å². The maximum Gasteiger partial charge on any atom is 0.271 e. The first kappa shape index (κ1) is 10.6. The van der Waals surface area contributed by atoms with Crippen LogP contribution in [0.15, 0.2) is 18.3 Å². The Morgan fingerprint density at radius 1 is 1.56 bits per heavy atom. The second-order valence-electron chi connectivity index (χ2n) is 3.07. The Balaban J connectivity index is 2.80. The largest absolute Gasteiger partial charge is 0.494 e. The Morgan fingerprint density at radius 3 is 2.94 bits per heavy atom. The molecule has 2 N–H and O–H groups in total. The van der Waals surface area contributed by atoms with E-state index in [-0.39, 0.29) is 11.4 Å². The van der Waals surface area contributed by atoms with Crippen molar-refractivity contribution in [2.45, 2.75) is 0 Å². The predicted octanol–water partition coefficient (Wildman–Crippen LogP) is 1.39. The third kappa shape index (κ3) is 1.65. The normalized spacial score (nSPS) is 10.4. The third-order valence-corrected chi connectivity index (χ3v) is 2.41. The number of rotatable bonds is 2. The van der Waals surface area contributed by atoms with E-state index in [1.54, 1.807) is 12.1 Å². The molecule has 6 heteroatoms. The van der Waals surface area contributed by atoms with Gasteiger partial charge in [0.2, 0.25) is 0 Å². The number of aromatic nitrogens is 2. The number of ether oxygens (including phenoxy) is 1. The molecule has 0 aliphatic carbocycles. The molecule has 0 aliphatic heterocycles.